The highest BCUT2D eigenvalue weighted by molar-refractivity contribution is 5.95. The predicted molar refractivity (Wildman–Crippen MR) is 96.7 cm³/mol. The van der Waals surface area contributed by atoms with Gasteiger partial charge in [0.15, 0.2) is 0 Å². The van der Waals surface area contributed by atoms with Crippen LogP contribution in [0.3, 0.4) is 0 Å². The lowest BCUT2D eigenvalue weighted by atomic mass is 10.0. The van der Waals surface area contributed by atoms with Gasteiger partial charge in [-0.05, 0) is 50.5 Å². The minimum absolute atomic E-state index is 0.00931. The molecule has 0 heterocycles. The molecule has 0 aliphatic heterocycles. The van der Waals surface area contributed by atoms with Gasteiger partial charge in [0.1, 0.15) is 11.6 Å². The number of carboxylic acids is 1. The summed E-state index contributed by atoms with van der Waals surface area (Å²) in [7, 11) is 0. The Morgan fingerprint density at radius 1 is 1.07 bits per heavy atom. The fourth-order valence-electron chi connectivity index (χ4n) is 2.22. The van der Waals surface area contributed by atoms with Gasteiger partial charge in [-0.2, -0.15) is 13.2 Å². The molecule has 1 atom stereocenters. The average Bonchev–Trinajstić information content (AvgIpc) is 2.52. The summed E-state index contributed by atoms with van der Waals surface area (Å²) in [5.74, 6) is -1.91. The molecule has 0 aliphatic rings. The van der Waals surface area contributed by atoms with Crippen LogP contribution in [0.4, 0.5) is 23.7 Å². The number of amides is 3. The van der Waals surface area contributed by atoms with Gasteiger partial charge in [0.25, 0.3) is 0 Å². The summed E-state index contributed by atoms with van der Waals surface area (Å²) in [6.07, 6.45) is -4.25. The summed E-state index contributed by atoms with van der Waals surface area (Å²) in [6.45, 7) is 6.25. The number of aliphatic carboxylic acids is 1. The minimum Gasteiger partial charge on any atom is -0.480 e. The molecule has 10 heteroatoms. The first-order valence-electron chi connectivity index (χ1n) is 8.52. The van der Waals surface area contributed by atoms with Gasteiger partial charge in [-0.1, -0.05) is 13.8 Å². The maximum Gasteiger partial charge on any atom is 0.416 e. The van der Waals surface area contributed by atoms with Crippen LogP contribution in [-0.2, 0) is 15.8 Å². The number of halogens is 3. The number of alkyl halides is 3. The van der Waals surface area contributed by atoms with E-state index < -0.39 is 41.2 Å². The van der Waals surface area contributed by atoms with Gasteiger partial charge < -0.3 is 21.1 Å². The number of benzene rings is 1. The topological polar surface area (TPSA) is 108 Å². The second kappa shape index (κ2) is 8.94. The first kappa shape index (κ1) is 23.3. The van der Waals surface area contributed by atoms with E-state index in [-0.39, 0.29) is 18.0 Å². The van der Waals surface area contributed by atoms with Crippen molar-refractivity contribution in [2.75, 3.05) is 5.32 Å². The number of nitrogens with one attached hydrogen (secondary N) is 3. The summed E-state index contributed by atoms with van der Waals surface area (Å²) >= 11 is 0. The summed E-state index contributed by atoms with van der Waals surface area (Å²) in [6, 6.07) is 2.01. The van der Waals surface area contributed by atoms with Crippen LogP contribution in [-0.4, -0.2) is 34.6 Å². The normalized spacial score (nSPS) is 13.0. The van der Waals surface area contributed by atoms with Gasteiger partial charge >= 0.3 is 18.2 Å². The van der Waals surface area contributed by atoms with E-state index in [9.17, 15) is 27.6 Å². The smallest absolute Gasteiger partial charge is 0.416 e. The second-order valence-corrected chi connectivity index (χ2v) is 7.28. The average molecular weight is 403 g/mol. The number of carbonyl (C=O) groups is 3. The van der Waals surface area contributed by atoms with Crippen molar-refractivity contribution in [2.45, 2.75) is 51.9 Å². The zero-order valence-corrected chi connectivity index (χ0v) is 16.0. The zero-order chi connectivity index (χ0) is 21.7. The van der Waals surface area contributed by atoms with E-state index in [1.54, 1.807) is 0 Å². The largest absolute Gasteiger partial charge is 0.480 e. The molecule has 1 aromatic carbocycles. The molecule has 3 amide bonds. The number of anilines is 1. The van der Waals surface area contributed by atoms with Crippen LogP contribution in [0, 0.1) is 5.92 Å². The monoisotopic (exact) mass is 403 g/mol. The van der Waals surface area contributed by atoms with E-state index >= 15 is 0 Å². The number of hydrogen-bond acceptors (Lipinski definition) is 3. The number of rotatable bonds is 7. The van der Waals surface area contributed by atoms with Crippen LogP contribution in [0.15, 0.2) is 24.3 Å². The van der Waals surface area contributed by atoms with Crippen LogP contribution < -0.4 is 16.0 Å². The summed E-state index contributed by atoms with van der Waals surface area (Å²) in [5, 5.41) is 16.2. The van der Waals surface area contributed by atoms with Crippen LogP contribution in [0.2, 0.25) is 0 Å². The molecule has 0 radical (unpaired) electrons. The van der Waals surface area contributed by atoms with E-state index in [2.05, 4.69) is 16.0 Å². The predicted octanol–water partition coefficient (Wildman–Crippen LogP) is 3.22. The molecule has 0 spiro atoms. The second-order valence-electron chi connectivity index (χ2n) is 7.28. The Morgan fingerprint density at radius 3 is 2.04 bits per heavy atom. The molecule has 0 saturated carbocycles. The molecule has 0 aromatic heterocycles. The Kier molecular flexibility index (Phi) is 7.43. The van der Waals surface area contributed by atoms with Gasteiger partial charge in [-0.15, -0.1) is 0 Å². The third-order valence-electron chi connectivity index (χ3n) is 3.77. The number of hydrogen-bond donors (Lipinski definition) is 4. The molecule has 0 saturated heterocycles. The SMILES string of the molecule is CC(C)C[C@H](NC(=O)Nc1ccc(C(F)(F)F)cc1)C(=O)NC(C)(C)C(=O)O. The minimum atomic E-state index is -4.49. The Hall–Kier alpha value is -2.78. The first-order chi connectivity index (χ1) is 12.7. The van der Waals surface area contributed by atoms with E-state index in [1.807, 2.05) is 13.8 Å². The summed E-state index contributed by atoms with van der Waals surface area (Å²) in [4.78, 5) is 35.7. The van der Waals surface area contributed by atoms with Crippen molar-refractivity contribution in [1.29, 1.82) is 0 Å². The van der Waals surface area contributed by atoms with Gasteiger partial charge in [-0.3, -0.25) is 4.79 Å². The van der Waals surface area contributed by atoms with E-state index in [1.165, 1.54) is 13.8 Å². The van der Waals surface area contributed by atoms with Crippen molar-refractivity contribution in [3.05, 3.63) is 29.8 Å². The van der Waals surface area contributed by atoms with Crippen LogP contribution in [0.5, 0.6) is 0 Å². The van der Waals surface area contributed by atoms with Crippen molar-refractivity contribution >= 4 is 23.6 Å². The number of carbonyl (C=O) groups excluding carboxylic acids is 2. The lowest BCUT2D eigenvalue weighted by Crippen LogP contribution is -2.57. The van der Waals surface area contributed by atoms with Crippen molar-refractivity contribution < 1.29 is 32.7 Å². The van der Waals surface area contributed by atoms with Gasteiger partial charge in [0.05, 0.1) is 5.56 Å². The molecule has 156 valence electrons. The molecular formula is C18H24F3N3O4. The third kappa shape index (κ3) is 7.09. The first-order valence-corrected chi connectivity index (χ1v) is 8.52. The standard InChI is InChI=1S/C18H24F3N3O4/c1-10(2)9-13(14(25)24-17(3,4)15(26)27)23-16(28)22-12-7-5-11(6-8-12)18(19,20)21/h5-8,10,13H,9H2,1-4H3,(H,24,25)(H,26,27)(H2,22,23,28)/t13-/m0/s1. The molecule has 0 fully saturated rings. The molecule has 4 N–H and O–H groups in total. The van der Waals surface area contributed by atoms with Crippen molar-refractivity contribution in [3.8, 4) is 0 Å². The molecule has 1 rings (SSSR count). The van der Waals surface area contributed by atoms with Crippen molar-refractivity contribution in [1.82, 2.24) is 10.6 Å². The molecule has 7 nitrogen and oxygen atoms in total. The highest BCUT2D eigenvalue weighted by atomic mass is 19.4. The Balaban J connectivity index is 2.81. The third-order valence-corrected chi connectivity index (χ3v) is 3.77. The fraction of sp³-hybridized carbons (Fsp3) is 0.500. The highest BCUT2D eigenvalue weighted by Gasteiger charge is 2.33. The van der Waals surface area contributed by atoms with E-state index in [0.29, 0.717) is 0 Å². The molecule has 0 bridgehead atoms. The van der Waals surface area contributed by atoms with Crippen LogP contribution in [0.1, 0.15) is 39.7 Å². The van der Waals surface area contributed by atoms with Gasteiger partial charge in [0.2, 0.25) is 5.91 Å². The maximum atomic E-state index is 12.6. The zero-order valence-electron chi connectivity index (χ0n) is 16.0. The molecule has 1 aromatic rings. The summed E-state index contributed by atoms with van der Waals surface area (Å²) in [5.41, 5.74) is -2.27. The lowest BCUT2D eigenvalue weighted by molar-refractivity contribution is -0.146. The molecule has 28 heavy (non-hydrogen) atoms. The van der Waals surface area contributed by atoms with E-state index in [0.717, 1.165) is 24.3 Å². The Morgan fingerprint density at radius 2 is 1.61 bits per heavy atom. The lowest BCUT2D eigenvalue weighted by Gasteiger charge is -2.26. The quantitative estimate of drug-likeness (QED) is 0.561. The molecular weight excluding hydrogens is 379 g/mol. The fourth-order valence-corrected chi connectivity index (χ4v) is 2.22. The Bertz CT molecular complexity index is 716. The molecule has 0 aliphatic carbocycles. The van der Waals surface area contributed by atoms with Crippen LogP contribution >= 0.6 is 0 Å². The molecule has 0 unspecified atom stereocenters. The maximum absolute atomic E-state index is 12.6. The van der Waals surface area contributed by atoms with Crippen LogP contribution in [0.25, 0.3) is 0 Å². The van der Waals surface area contributed by atoms with Gasteiger partial charge in [-0.25, -0.2) is 9.59 Å². The number of carboxylic acid groups (broad SMARTS) is 1. The van der Waals surface area contributed by atoms with E-state index in [4.69, 9.17) is 5.11 Å². The summed E-state index contributed by atoms with van der Waals surface area (Å²) < 4.78 is 37.7. The Labute approximate surface area is 160 Å². The van der Waals surface area contributed by atoms with Gasteiger partial charge in [0, 0.05) is 5.69 Å². The highest BCUT2D eigenvalue weighted by Crippen LogP contribution is 2.29. The van der Waals surface area contributed by atoms with Crippen molar-refractivity contribution in [3.63, 3.8) is 0 Å². The number of urea groups is 1. The van der Waals surface area contributed by atoms with Crippen molar-refractivity contribution in [2.24, 2.45) is 5.92 Å².